The highest BCUT2D eigenvalue weighted by Gasteiger charge is 2.12. The summed E-state index contributed by atoms with van der Waals surface area (Å²) in [4.78, 5) is 11.3. The molecular formula is C8H10N4O. The summed E-state index contributed by atoms with van der Waals surface area (Å²) in [5.74, 6) is 2.29. The van der Waals surface area contributed by atoms with Gasteiger partial charge in [0.25, 0.3) is 5.91 Å². The highest BCUT2D eigenvalue weighted by atomic mass is 16.1. The molecule has 0 aromatic carbocycles. The molecule has 0 aliphatic rings. The lowest BCUT2D eigenvalue weighted by Gasteiger charge is -2.05. The predicted molar refractivity (Wildman–Crippen MR) is 48.8 cm³/mol. The number of carbonyl (C=O) groups is 1. The van der Waals surface area contributed by atoms with Crippen molar-refractivity contribution in [2.24, 2.45) is 0 Å². The normalized spacial score (nSPS) is 11.7. The Kier molecular flexibility index (Phi) is 2.55. The van der Waals surface area contributed by atoms with Crippen molar-refractivity contribution in [1.82, 2.24) is 15.5 Å². The number of nitrogen functional groups attached to an aromatic ring is 1. The lowest BCUT2D eigenvalue weighted by Crippen LogP contribution is -2.31. The molecule has 1 rings (SSSR count). The fourth-order valence-electron chi connectivity index (χ4n) is 0.793. The van der Waals surface area contributed by atoms with Crippen LogP contribution in [-0.4, -0.2) is 22.1 Å². The summed E-state index contributed by atoms with van der Waals surface area (Å²) in [5, 5.41) is 8.63. The third-order valence-corrected chi connectivity index (χ3v) is 1.51. The highest BCUT2D eigenvalue weighted by molar-refractivity contribution is 5.98. The quantitative estimate of drug-likeness (QED) is 0.546. The molecule has 1 aromatic rings. The second kappa shape index (κ2) is 3.63. The van der Waals surface area contributed by atoms with Crippen LogP contribution in [0.1, 0.15) is 17.3 Å². The Morgan fingerprint density at radius 3 is 3.08 bits per heavy atom. The summed E-state index contributed by atoms with van der Waals surface area (Å²) in [7, 11) is 0. The van der Waals surface area contributed by atoms with Crippen molar-refractivity contribution in [3.8, 4) is 12.3 Å². The molecule has 0 saturated heterocycles. The number of nitrogens with zero attached hydrogens (tertiary/aromatic N) is 1. The van der Waals surface area contributed by atoms with E-state index >= 15 is 0 Å². The molecule has 0 aliphatic carbocycles. The van der Waals surface area contributed by atoms with Crippen LogP contribution in [0.25, 0.3) is 0 Å². The van der Waals surface area contributed by atoms with Gasteiger partial charge in [-0.1, -0.05) is 5.92 Å². The van der Waals surface area contributed by atoms with Crippen molar-refractivity contribution in [2.45, 2.75) is 13.0 Å². The predicted octanol–water partition coefficient (Wildman–Crippen LogP) is -0.257. The summed E-state index contributed by atoms with van der Waals surface area (Å²) in [6.07, 6.45) is 6.45. The molecular weight excluding hydrogens is 168 g/mol. The summed E-state index contributed by atoms with van der Waals surface area (Å²) in [5.41, 5.74) is 5.74. The van der Waals surface area contributed by atoms with Gasteiger partial charge in [-0.15, -0.1) is 6.42 Å². The van der Waals surface area contributed by atoms with Crippen LogP contribution >= 0.6 is 0 Å². The first-order chi connectivity index (χ1) is 6.15. The summed E-state index contributed by atoms with van der Waals surface area (Å²) in [6.45, 7) is 1.70. The number of anilines is 1. The minimum absolute atomic E-state index is 0.238. The Balaban J connectivity index is 2.71. The van der Waals surface area contributed by atoms with Crippen LogP contribution in [0.2, 0.25) is 0 Å². The van der Waals surface area contributed by atoms with E-state index in [0.717, 1.165) is 0 Å². The minimum atomic E-state index is -0.322. The zero-order valence-corrected chi connectivity index (χ0v) is 7.16. The zero-order valence-electron chi connectivity index (χ0n) is 7.16. The number of hydrogen-bond donors (Lipinski definition) is 3. The maximum Gasteiger partial charge on any atom is 0.257 e. The summed E-state index contributed by atoms with van der Waals surface area (Å²) >= 11 is 0. The molecule has 5 heteroatoms. The Labute approximate surface area is 75.7 Å². The van der Waals surface area contributed by atoms with Gasteiger partial charge in [0.15, 0.2) is 0 Å². The van der Waals surface area contributed by atoms with E-state index in [2.05, 4.69) is 21.4 Å². The lowest BCUT2D eigenvalue weighted by molar-refractivity contribution is 0.0949. The van der Waals surface area contributed by atoms with Crippen LogP contribution in [0, 0.1) is 12.3 Å². The van der Waals surface area contributed by atoms with Crippen LogP contribution in [0.3, 0.4) is 0 Å². The fraction of sp³-hybridized carbons (Fsp3) is 0.250. The molecule has 4 N–H and O–H groups in total. The molecule has 0 saturated carbocycles. The summed E-state index contributed by atoms with van der Waals surface area (Å²) < 4.78 is 0. The number of carbonyl (C=O) groups excluding carboxylic acids is 1. The third kappa shape index (κ3) is 1.99. The van der Waals surface area contributed by atoms with Gasteiger partial charge in [-0.2, -0.15) is 5.10 Å². The molecule has 68 valence electrons. The maximum absolute atomic E-state index is 11.3. The van der Waals surface area contributed by atoms with Gasteiger partial charge in [-0.3, -0.25) is 9.89 Å². The average molecular weight is 178 g/mol. The van der Waals surface area contributed by atoms with E-state index in [1.54, 1.807) is 6.92 Å². The third-order valence-electron chi connectivity index (χ3n) is 1.51. The van der Waals surface area contributed by atoms with E-state index in [9.17, 15) is 4.79 Å². The van der Waals surface area contributed by atoms with E-state index in [4.69, 9.17) is 12.2 Å². The molecule has 1 unspecified atom stereocenters. The molecule has 13 heavy (non-hydrogen) atoms. The number of rotatable bonds is 2. The Morgan fingerprint density at radius 1 is 1.92 bits per heavy atom. The minimum Gasteiger partial charge on any atom is -0.383 e. The van der Waals surface area contributed by atoms with Gasteiger partial charge in [-0.05, 0) is 6.92 Å². The first-order valence-electron chi connectivity index (χ1n) is 3.71. The highest BCUT2D eigenvalue weighted by Crippen LogP contribution is 2.05. The summed E-state index contributed by atoms with van der Waals surface area (Å²) in [6, 6.07) is -0.318. The van der Waals surface area contributed by atoms with Crippen LogP contribution in [-0.2, 0) is 0 Å². The molecule has 0 aliphatic heterocycles. The standard InChI is InChI=1S/C8H10N4O/c1-3-5(2)11-8(13)6-4-10-12-7(6)9/h1,4-5H,2H3,(H,11,13)(H3,9,10,12). The van der Waals surface area contributed by atoms with Gasteiger partial charge < -0.3 is 11.1 Å². The number of amides is 1. The van der Waals surface area contributed by atoms with Gasteiger partial charge in [0.1, 0.15) is 11.4 Å². The first kappa shape index (κ1) is 9.13. The van der Waals surface area contributed by atoms with E-state index in [1.165, 1.54) is 6.20 Å². The van der Waals surface area contributed by atoms with Crippen LogP contribution in [0.4, 0.5) is 5.82 Å². The molecule has 1 heterocycles. The van der Waals surface area contributed by atoms with Crippen molar-refractivity contribution >= 4 is 11.7 Å². The van der Waals surface area contributed by atoms with E-state index in [0.29, 0.717) is 5.56 Å². The van der Waals surface area contributed by atoms with Crippen molar-refractivity contribution < 1.29 is 4.79 Å². The molecule has 0 spiro atoms. The average Bonchev–Trinajstić information content (AvgIpc) is 2.51. The van der Waals surface area contributed by atoms with Crippen molar-refractivity contribution in [3.63, 3.8) is 0 Å². The van der Waals surface area contributed by atoms with Crippen LogP contribution in [0.5, 0.6) is 0 Å². The number of hydrogen-bond acceptors (Lipinski definition) is 3. The van der Waals surface area contributed by atoms with E-state index in [1.807, 2.05) is 0 Å². The van der Waals surface area contributed by atoms with Crippen molar-refractivity contribution in [1.29, 1.82) is 0 Å². The van der Waals surface area contributed by atoms with Crippen molar-refractivity contribution in [2.75, 3.05) is 5.73 Å². The van der Waals surface area contributed by atoms with E-state index < -0.39 is 0 Å². The molecule has 1 aromatic heterocycles. The zero-order chi connectivity index (χ0) is 9.84. The maximum atomic E-state index is 11.3. The smallest absolute Gasteiger partial charge is 0.257 e. The number of H-pyrrole nitrogens is 1. The monoisotopic (exact) mass is 178 g/mol. The Bertz CT molecular complexity index is 349. The van der Waals surface area contributed by atoms with Crippen LogP contribution in [0.15, 0.2) is 6.20 Å². The second-order valence-electron chi connectivity index (χ2n) is 2.56. The Hall–Kier alpha value is -1.96. The van der Waals surface area contributed by atoms with Gasteiger partial charge in [0.05, 0.1) is 12.2 Å². The van der Waals surface area contributed by atoms with Crippen molar-refractivity contribution in [3.05, 3.63) is 11.8 Å². The van der Waals surface area contributed by atoms with Gasteiger partial charge in [0.2, 0.25) is 0 Å². The van der Waals surface area contributed by atoms with Crippen LogP contribution < -0.4 is 11.1 Å². The topological polar surface area (TPSA) is 83.8 Å². The molecule has 0 radical (unpaired) electrons. The fourth-order valence-corrected chi connectivity index (χ4v) is 0.793. The van der Waals surface area contributed by atoms with Gasteiger partial charge in [0, 0.05) is 0 Å². The number of aromatic amines is 1. The first-order valence-corrected chi connectivity index (χ1v) is 3.71. The van der Waals surface area contributed by atoms with Gasteiger partial charge >= 0.3 is 0 Å². The van der Waals surface area contributed by atoms with E-state index in [-0.39, 0.29) is 17.8 Å². The number of terminal acetylenes is 1. The Morgan fingerprint density at radius 2 is 2.62 bits per heavy atom. The number of nitrogens with two attached hydrogens (primary N) is 1. The largest absolute Gasteiger partial charge is 0.383 e. The van der Waals surface area contributed by atoms with Gasteiger partial charge in [-0.25, -0.2) is 0 Å². The molecule has 5 nitrogen and oxygen atoms in total. The molecule has 1 atom stereocenters. The SMILES string of the molecule is C#CC(C)NC(=O)c1cn[nH]c1N. The molecule has 0 bridgehead atoms. The lowest BCUT2D eigenvalue weighted by atomic mass is 10.2. The number of aromatic nitrogens is 2. The molecule has 0 fully saturated rings. The second-order valence-corrected chi connectivity index (χ2v) is 2.56. The number of nitrogens with one attached hydrogen (secondary N) is 2. The molecule has 1 amide bonds.